The van der Waals surface area contributed by atoms with Crippen molar-refractivity contribution in [1.82, 2.24) is 5.32 Å². The predicted octanol–water partition coefficient (Wildman–Crippen LogP) is 0.638. The van der Waals surface area contributed by atoms with Crippen LogP contribution in [0.4, 0.5) is 0 Å². The second-order valence-electron chi connectivity index (χ2n) is 4.58. The number of hydrogen-bond acceptors (Lipinski definition) is 2. The van der Waals surface area contributed by atoms with Gasteiger partial charge >= 0.3 is 0 Å². The number of rotatable bonds is 2. The highest BCUT2D eigenvalue weighted by Gasteiger charge is 2.40. The summed E-state index contributed by atoms with van der Waals surface area (Å²) in [5.41, 5.74) is 5.50. The first-order valence-corrected chi connectivity index (χ1v) is 5.22. The Kier molecular flexibility index (Phi) is 2.28. The van der Waals surface area contributed by atoms with Gasteiger partial charge < -0.3 is 11.1 Å². The van der Waals surface area contributed by atoms with Gasteiger partial charge in [0.2, 0.25) is 5.91 Å². The van der Waals surface area contributed by atoms with E-state index in [4.69, 9.17) is 5.73 Å². The minimum atomic E-state index is -0.362. The molecule has 3 heteroatoms. The third kappa shape index (κ3) is 1.70. The standard InChI is InChI=1S/C10H18N2O/c1-6(11)10(13)12-9-5-7-2-3-8(9)4-7/h6-9H,2-5,11H2,1H3,(H,12,13)/t6-,7?,8?,9?/m1/s1. The van der Waals surface area contributed by atoms with Crippen LogP contribution < -0.4 is 11.1 Å². The summed E-state index contributed by atoms with van der Waals surface area (Å²) in [6.45, 7) is 1.74. The van der Waals surface area contributed by atoms with Crippen LogP contribution >= 0.6 is 0 Å². The molecule has 2 aliphatic carbocycles. The van der Waals surface area contributed by atoms with E-state index in [0.29, 0.717) is 6.04 Å². The van der Waals surface area contributed by atoms with Crippen LogP contribution in [-0.2, 0) is 4.79 Å². The largest absolute Gasteiger partial charge is 0.352 e. The lowest BCUT2D eigenvalue weighted by Gasteiger charge is -2.23. The van der Waals surface area contributed by atoms with E-state index in [9.17, 15) is 4.79 Å². The second kappa shape index (κ2) is 3.29. The Morgan fingerprint density at radius 1 is 1.46 bits per heavy atom. The van der Waals surface area contributed by atoms with Crippen molar-refractivity contribution in [1.29, 1.82) is 0 Å². The molecule has 2 aliphatic rings. The van der Waals surface area contributed by atoms with Crippen LogP contribution in [0.3, 0.4) is 0 Å². The molecule has 13 heavy (non-hydrogen) atoms. The Labute approximate surface area is 79.1 Å². The minimum Gasteiger partial charge on any atom is -0.352 e. The second-order valence-corrected chi connectivity index (χ2v) is 4.58. The molecule has 2 fully saturated rings. The van der Waals surface area contributed by atoms with Crippen LogP contribution in [0.25, 0.3) is 0 Å². The molecule has 2 saturated carbocycles. The van der Waals surface area contributed by atoms with Gasteiger partial charge in [-0.1, -0.05) is 6.42 Å². The molecule has 74 valence electrons. The molecule has 0 spiro atoms. The Hall–Kier alpha value is -0.570. The number of nitrogens with one attached hydrogen (secondary N) is 1. The van der Waals surface area contributed by atoms with Gasteiger partial charge in [0.1, 0.15) is 0 Å². The molecule has 3 N–H and O–H groups in total. The Bertz CT molecular complexity index is 215. The first kappa shape index (κ1) is 9.00. The van der Waals surface area contributed by atoms with Crippen LogP contribution in [0.5, 0.6) is 0 Å². The highest BCUT2D eigenvalue weighted by Crippen LogP contribution is 2.44. The average molecular weight is 182 g/mol. The van der Waals surface area contributed by atoms with Gasteiger partial charge in [0.25, 0.3) is 0 Å². The van der Waals surface area contributed by atoms with Gasteiger partial charge in [-0.25, -0.2) is 0 Å². The topological polar surface area (TPSA) is 55.1 Å². The van der Waals surface area contributed by atoms with Crippen molar-refractivity contribution >= 4 is 5.91 Å². The predicted molar refractivity (Wildman–Crippen MR) is 51.0 cm³/mol. The first-order valence-electron chi connectivity index (χ1n) is 5.22. The summed E-state index contributed by atoms with van der Waals surface area (Å²) in [6.07, 6.45) is 5.18. The van der Waals surface area contributed by atoms with Crippen molar-refractivity contribution in [3.63, 3.8) is 0 Å². The summed E-state index contributed by atoms with van der Waals surface area (Å²) in [7, 11) is 0. The van der Waals surface area contributed by atoms with Crippen LogP contribution in [0.2, 0.25) is 0 Å². The molecular weight excluding hydrogens is 164 g/mol. The van der Waals surface area contributed by atoms with Gasteiger partial charge in [-0.05, 0) is 38.0 Å². The maximum atomic E-state index is 11.3. The van der Waals surface area contributed by atoms with Crippen molar-refractivity contribution in [2.24, 2.45) is 17.6 Å². The lowest BCUT2D eigenvalue weighted by Crippen LogP contribution is -2.45. The van der Waals surface area contributed by atoms with Gasteiger partial charge in [0.15, 0.2) is 0 Å². The molecule has 0 saturated heterocycles. The van der Waals surface area contributed by atoms with Crippen molar-refractivity contribution < 1.29 is 4.79 Å². The van der Waals surface area contributed by atoms with Gasteiger partial charge in [-0.2, -0.15) is 0 Å². The van der Waals surface area contributed by atoms with E-state index in [2.05, 4.69) is 5.32 Å². The molecule has 0 aromatic heterocycles. The van der Waals surface area contributed by atoms with E-state index in [1.807, 2.05) is 0 Å². The molecule has 0 aromatic carbocycles. The van der Waals surface area contributed by atoms with Crippen molar-refractivity contribution in [3.8, 4) is 0 Å². The van der Waals surface area contributed by atoms with Gasteiger partial charge in [-0.3, -0.25) is 4.79 Å². The van der Waals surface area contributed by atoms with E-state index in [-0.39, 0.29) is 11.9 Å². The molecule has 0 aliphatic heterocycles. The van der Waals surface area contributed by atoms with Crippen LogP contribution in [-0.4, -0.2) is 18.0 Å². The third-order valence-corrected chi connectivity index (χ3v) is 3.48. The van der Waals surface area contributed by atoms with E-state index >= 15 is 0 Å². The van der Waals surface area contributed by atoms with Crippen molar-refractivity contribution in [2.75, 3.05) is 0 Å². The highest BCUT2D eigenvalue weighted by atomic mass is 16.2. The summed E-state index contributed by atoms with van der Waals surface area (Å²) in [4.78, 5) is 11.3. The zero-order valence-electron chi connectivity index (χ0n) is 8.12. The fraction of sp³-hybridized carbons (Fsp3) is 0.900. The number of hydrogen-bond donors (Lipinski definition) is 2. The SMILES string of the molecule is C[C@@H](N)C(=O)NC1CC2CCC1C2. The smallest absolute Gasteiger partial charge is 0.236 e. The average Bonchev–Trinajstić information content (AvgIpc) is 2.64. The van der Waals surface area contributed by atoms with E-state index in [0.717, 1.165) is 11.8 Å². The summed E-state index contributed by atoms with van der Waals surface area (Å²) in [5, 5.41) is 3.05. The molecule has 0 radical (unpaired) electrons. The molecule has 2 bridgehead atoms. The van der Waals surface area contributed by atoms with Crippen molar-refractivity contribution in [2.45, 2.75) is 44.7 Å². The first-order chi connectivity index (χ1) is 6.16. The fourth-order valence-corrected chi connectivity index (χ4v) is 2.74. The molecule has 0 aromatic rings. The zero-order valence-corrected chi connectivity index (χ0v) is 8.12. The zero-order chi connectivity index (χ0) is 9.42. The Balaban J connectivity index is 1.86. The molecule has 2 rings (SSSR count). The summed E-state index contributed by atoms with van der Waals surface area (Å²) in [5.74, 6) is 1.63. The van der Waals surface area contributed by atoms with Gasteiger partial charge in [0, 0.05) is 6.04 Å². The Morgan fingerprint density at radius 2 is 2.23 bits per heavy atom. The molecule has 4 atom stereocenters. The van der Waals surface area contributed by atoms with Gasteiger partial charge in [-0.15, -0.1) is 0 Å². The lowest BCUT2D eigenvalue weighted by atomic mass is 9.95. The summed E-state index contributed by atoms with van der Waals surface area (Å²) in [6, 6.07) is 0.0661. The van der Waals surface area contributed by atoms with E-state index in [1.54, 1.807) is 6.92 Å². The van der Waals surface area contributed by atoms with Crippen LogP contribution in [0, 0.1) is 11.8 Å². The molecule has 3 unspecified atom stereocenters. The fourth-order valence-electron chi connectivity index (χ4n) is 2.74. The normalized spacial score (nSPS) is 39.1. The maximum Gasteiger partial charge on any atom is 0.236 e. The van der Waals surface area contributed by atoms with Crippen LogP contribution in [0.1, 0.15) is 32.6 Å². The summed E-state index contributed by atoms with van der Waals surface area (Å²) < 4.78 is 0. The number of fused-ring (bicyclic) bond motifs is 2. The third-order valence-electron chi connectivity index (χ3n) is 3.48. The number of carbonyl (C=O) groups excluding carboxylic acids is 1. The molecule has 3 nitrogen and oxygen atoms in total. The van der Waals surface area contributed by atoms with E-state index < -0.39 is 0 Å². The van der Waals surface area contributed by atoms with E-state index in [1.165, 1.54) is 25.7 Å². The number of nitrogens with two attached hydrogens (primary N) is 1. The van der Waals surface area contributed by atoms with Gasteiger partial charge in [0.05, 0.1) is 6.04 Å². The molecule has 0 heterocycles. The monoisotopic (exact) mass is 182 g/mol. The quantitative estimate of drug-likeness (QED) is 0.658. The molecule has 1 amide bonds. The van der Waals surface area contributed by atoms with Crippen LogP contribution in [0.15, 0.2) is 0 Å². The summed E-state index contributed by atoms with van der Waals surface area (Å²) >= 11 is 0. The van der Waals surface area contributed by atoms with Crippen molar-refractivity contribution in [3.05, 3.63) is 0 Å². The lowest BCUT2D eigenvalue weighted by molar-refractivity contribution is -0.123. The number of amides is 1. The molecular formula is C10H18N2O. The highest BCUT2D eigenvalue weighted by molar-refractivity contribution is 5.81. The Morgan fingerprint density at radius 3 is 2.69 bits per heavy atom. The number of carbonyl (C=O) groups is 1. The minimum absolute atomic E-state index is 0.0116. The maximum absolute atomic E-state index is 11.3.